The van der Waals surface area contributed by atoms with Crippen molar-refractivity contribution in [1.82, 2.24) is 0 Å². The molecule has 3 rings (SSSR count). The molecule has 1 heterocycles. The predicted octanol–water partition coefficient (Wildman–Crippen LogP) is 4.05. The van der Waals surface area contributed by atoms with Gasteiger partial charge in [-0.25, -0.2) is 4.39 Å². The van der Waals surface area contributed by atoms with Gasteiger partial charge in [0.2, 0.25) is 0 Å². The first-order valence-corrected chi connectivity index (χ1v) is 5.51. The average Bonchev–Trinajstić information content (AvgIpc) is 2.82. The molecule has 1 aromatic heterocycles. The first kappa shape index (κ1) is 10.7. The number of furan rings is 1. The molecule has 0 unspecified atom stereocenters. The van der Waals surface area contributed by atoms with E-state index in [9.17, 15) is 9.18 Å². The number of para-hydroxylation sites is 1. The zero-order chi connectivity index (χ0) is 12.5. The van der Waals surface area contributed by atoms with Gasteiger partial charge in [0.05, 0.1) is 5.56 Å². The molecule has 2 aromatic carbocycles. The fourth-order valence-electron chi connectivity index (χ4n) is 1.92. The van der Waals surface area contributed by atoms with Crippen LogP contribution in [0, 0.1) is 5.82 Å². The van der Waals surface area contributed by atoms with Gasteiger partial charge in [0.25, 0.3) is 0 Å². The third-order valence-corrected chi connectivity index (χ3v) is 2.82. The van der Waals surface area contributed by atoms with Crippen molar-refractivity contribution in [2.24, 2.45) is 0 Å². The van der Waals surface area contributed by atoms with Gasteiger partial charge in [-0.15, -0.1) is 0 Å². The summed E-state index contributed by atoms with van der Waals surface area (Å²) in [4.78, 5) is 10.7. The van der Waals surface area contributed by atoms with Gasteiger partial charge in [0.1, 0.15) is 23.4 Å². The summed E-state index contributed by atoms with van der Waals surface area (Å²) >= 11 is 0. The maximum Gasteiger partial charge on any atom is 0.150 e. The Morgan fingerprint density at radius 1 is 1.06 bits per heavy atom. The van der Waals surface area contributed by atoms with E-state index in [0.29, 0.717) is 28.8 Å². The Labute approximate surface area is 103 Å². The molecule has 0 N–H and O–H groups in total. The van der Waals surface area contributed by atoms with E-state index in [1.165, 1.54) is 18.2 Å². The van der Waals surface area contributed by atoms with Crippen molar-refractivity contribution < 1.29 is 13.6 Å². The number of rotatable bonds is 2. The lowest BCUT2D eigenvalue weighted by atomic mass is 10.1. The maximum atomic E-state index is 13.7. The number of fused-ring (bicyclic) bond motifs is 1. The zero-order valence-corrected chi connectivity index (χ0v) is 9.39. The highest BCUT2D eigenvalue weighted by molar-refractivity contribution is 5.84. The maximum absolute atomic E-state index is 13.7. The summed E-state index contributed by atoms with van der Waals surface area (Å²) < 4.78 is 19.3. The van der Waals surface area contributed by atoms with Gasteiger partial charge >= 0.3 is 0 Å². The first-order chi connectivity index (χ1) is 8.78. The second kappa shape index (κ2) is 4.11. The quantitative estimate of drug-likeness (QED) is 0.632. The van der Waals surface area contributed by atoms with Gasteiger partial charge < -0.3 is 4.42 Å². The molecule has 0 aliphatic heterocycles. The van der Waals surface area contributed by atoms with Crippen LogP contribution in [0.15, 0.2) is 52.9 Å². The van der Waals surface area contributed by atoms with Crippen molar-refractivity contribution in [3.8, 4) is 11.3 Å². The number of hydrogen-bond donors (Lipinski definition) is 0. The molecule has 0 saturated carbocycles. The third-order valence-electron chi connectivity index (χ3n) is 2.82. The molecule has 0 atom stereocenters. The van der Waals surface area contributed by atoms with Crippen LogP contribution in [0.25, 0.3) is 22.3 Å². The van der Waals surface area contributed by atoms with Crippen LogP contribution in [0.4, 0.5) is 4.39 Å². The molecule has 0 bridgehead atoms. The van der Waals surface area contributed by atoms with Gasteiger partial charge in [-0.2, -0.15) is 0 Å². The lowest BCUT2D eigenvalue weighted by Gasteiger charge is -1.99. The predicted molar refractivity (Wildman–Crippen MR) is 67.0 cm³/mol. The van der Waals surface area contributed by atoms with Gasteiger partial charge in [-0.1, -0.05) is 18.2 Å². The van der Waals surface area contributed by atoms with Crippen molar-refractivity contribution in [2.75, 3.05) is 0 Å². The van der Waals surface area contributed by atoms with Crippen molar-refractivity contribution in [3.05, 3.63) is 59.9 Å². The zero-order valence-electron chi connectivity index (χ0n) is 9.39. The summed E-state index contributed by atoms with van der Waals surface area (Å²) in [5.41, 5.74) is 1.42. The number of carbonyl (C=O) groups excluding carboxylic acids is 1. The number of aldehydes is 1. The highest BCUT2D eigenvalue weighted by atomic mass is 19.1. The molecule has 0 saturated heterocycles. The van der Waals surface area contributed by atoms with Crippen molar-refractivity contribution in [3.63, 3.8) is 0 Å². The fourth-order valence-corrected chi connectivity index (χ4v) is 1.92. The van der Waals surface area contributed by atoms with E-state index in [4.69, 9.17) is 4.42 Å². The van der Waals surface area contributed by atoms with Gasteiger partial charge in [-0.3, -0.25) is 4.79 Å². The van der Waals surface area contributed by atoms with Crippen LogP contribution in [-0.2, 0) is 0 Å². The lowest BCUT2D eigenvalue weighted by molar-refractivity contribution is 0.112. The number of benzene rings is 2. The van der Waals surface area contributed by atoms with Crippen LogP contribution in [0.1, 0.15) is 10.4 Å². The summed E-state index contributed by atoms with van der Waals surface area (Å²) in [5, 5.41) is 0.906. The normalized spacial score (nSPS) is 10.7. The Kier molecular flexibility index (Phi) is 2.45. The molecule has 0 aliphatic carbocycles. The molecule has 0 fully saturated rings. The second-order valence-corrected chi connectivity index (χ2v) is 4.01. The fraction of sp³-hybridized carbons (Fsp3) is 0. The number of carbonyl (C=O) groups is 1. The SMILES string of the molecule is O=Cc1ccc(F)c(-c2cc3ccccc3o2)c1. The minimum absolute atomic E-state index is 0.302. The smallest absolute Gasteiger partial charge is 0.150 e. The first-order valence-electron chi connectivity index (χ1n) is 5.51. The Morgan fingerprint density at radius 3 is 2.67 bits per heavy atom. The Bertz CT molecular complexity index is 695. The van der Waals surface area contributed by atoms with E-state index >= 15 is 0 Å². The largest absolute Gasteiger partial charge is 0.456 e. The summed E-state index contributed by atoms with van der Waals surface area (Å²) in [6.45, 7) is 0. The van der Waals surface area contributed by atoms with E-state index in [-0.39, 0.29) is 0 Å². The van der Waals surface area contributed by atoms with E-state index in [1.807, 2.05) is 24.3 Å². The van der Waals surface area contributed by atoms with E-state index in [2.05, 4.69) is 0 Å². The van der Waals surface area contributed by atoms with Crippen LogP contribution in [0.3, 0.4) is 0 Å². The topological polar surface area (TPSA) is 30.2 Å². The Hall–Kier alpha value is -2.42. The molecule has 18 heavy (non-hydrogen) atoms. The molecule has 88 valence electrons. The molecule has 2 nitrogen and oxygen atoms in total. The Morgan fingerprint density at radius 2 is 1.89 bits per heavy atom. The third kappa shape index (κ3) is 1.70. The van der Waals surface area contributed by atoms with Crippen LogP contribution in [0.2, 0.25) is 0 Å². The number of halogens is 1. The monoisotopic (exact) mass is 240 g/mol. The average molecular weight is 240 g/mol. The second-order valence-electron chi connectivity index (χ2n) is 4.01. The summed E-state index contributed by atoms with van der Waals surface area (Å²) in [7, 11) is 0. The van der Waals surface area contributed by atoms with Crippen LogP contribution >= 0.6 is 0 Å². The molecular formula is C15H9FO2. The van der Waals surface area contributed by atoms with Crippen LogP contribution in [0.5, 0.6) is 0 Å². The summed E-state index contributed by atoms with van der Waals surface area (Å²) in [6.07, 6.45) is 0.686. The van der Waals surface area contributed by atoms with Gasteiger partial charge in [0, 0.05) is 10.9 Å². The van der Waals surface area contributed by atoms with E-state index in [0.717, 1.165) is 5.39 Å². The highest BCUT2D eigenvalue weighted by Gasteiger charge is 2.11. The van der Waals surface area contributed by atoms with Crippen LogP contribution in [-0.4, -0.2) is 6.29 Å². The minimum atomic E-state index is -0.403. The van der Waals surface area contributed by atoms with Crippen molar-refractivity contribution >= 4 is 17.3 Å². The van der Waals surface area contributed by atoms with Gasteiger partial charge in [-0.05, 0) is 30.3 Å². The molecule has 0 spiro atoms. The van der Waals surface area contributed by atoms with Gasteiger partial charge in [0.15, 0.2) is 0 Å². The number of hydrogen-bond acceptors (Lipinski definition) is 2. The highest BCUT2D eigenvalue weighted by Crippen LogP contribution is 2.29. The lowest BCUT2D eigenvalue weighted by Crippen LogP contribution is -1.86. The van der Waals surface area contributed by atoms with Crippen LogP contribution < -0.4 is 0 Å². The summed E-state index contributed by atoms with van der Waals surface area (Å²) in [6, 6.07) is 13.4. The molecular weight excluding hydrogens is 231 g/mol. The molecule has 0 aliphatic rings. The van der Waals surface area contributed by atoms with E-state index < -0.39 is 5.82 Å². The molecule has 3 aromatic rings. The summed E-state index contributed by atoms with van der Waals surface area (Å²) in [5.74, 6) is 0.0251. The van der Waals surface area contributed by atoms with Crippen molar-refractivity contribution in [2.45, 2.75) is 0 Å². The molecule has 0 amide bonds. The Balaban J connectivity index is 2.21. The molecule has 3 heteroatoms. The standard InChI is InChI=1S/C15H9FO2/c16-13-6-5-10(9-17)7-12(13)15-8-11-3-1-2-4-14(11)18-15/h1-9H. The van der Waals surface area contributed by atoms with Crippen molar-refractivity contribution in [1.29, 1.82) is 0 Å². The molecule has 0 radical (unpaired) electrons. The van der Waals surface area contributed by atoms with E-state index in [1.54, 1.807) is 6.07 Å². The minimum Gasteiger partial charge on any atom is -0.456 e.